The smallest absolute Gasteiger partial charge is 0.305 e. The van der Waals surface area contributed by atoms with Crippen molar-refractivity contribution >= 4 is 11.5 Å². The van der Waals surface area contributed by atoms with Gasteiger partial charge in [-0.2, -0.15) is 10.4 Å². The minimum Gasteiger partial charge on any atom is -0.368 e. The molecule has 8 heteroatoms. The first-order valence-corrected chi connectivity index (χ1v) is 5.47. The third kappa shape index (κ3) is 3.04. The van der Waals surface area contributed by atoms with Gasteiger partial charge in [0.2, 0.25) is 5.69 Å². The number of nitriles is 1. The van der Waals surface area contributed by atoms with Crippen molar-refractivity contribution in [2.24, 2.45) is 0 Å². The molecule has 0 atom stereocenters. The van der Waals surface area contributed by atoms with Gasteiger partial charge in [0.1, 0.15) is 11.9 Å². The molecule has 0 bridgehead atoms. The third-order valence-corrected chi connectivity index (χ3v) is 2.38. The SMILES string of the molecule is N#Cc1nc(NCCn2cccn2)ccc1[N+](=O)[O-]. The van der Waals surface area contributed by atoms with Crippen LogP contribution >= 0.6 is 0 Å². The standard InChI is InChI=1S/C11H10N6O2/c12-8-9-10(17(18)19)2-3-11(15-9)13-5-7-16-6-1-4-14-16/h1-4,6H,5,7H2,(H,13,15). The number of anilines is 1. The number of aromatic nitrogens is 3. The highest BCUT2D eigenvalue weighted by molar-refractivity contribution is 5.50. The van der Waals surface area contributed by atoms with Crippen molar-refractivity contribution < 1.29 is 4.92 Å². The van der Waals surface area contributed by atoms with Crippen LogP contribution in [-0.4, -0.2) is 26.2 Å². The van der Waals surface area contributed by atoms with E-state index in [1.165, 1.54) is 12.1 Å². The van der Waals surface area contributed by atoms with Crippen molar-refractivity contribution in [1.29, 1.82) is 5.26 Å². The van der Waals surface area contributed by atoms with Crippen LogP contribution in [0, 0.1) is 21.4 Å². The van der Waals surface area contributed by atoms with Gasteiger partial charge in [-0.1, -0.05) is 0 Å². The summed E-state index contributed by atoms with van der Waals surface area (Å²) < 4.78 is 1.74. The molecule has 0 unspecified atom stereocenters. The molecule has 0 saturated heterocycles. The Morgan fingerprint density at radius 2 is 2.37 bits per heavy atom. The minimum atomic E-state index is -0.626. The zero-order valence-electron chi connectivity index (χ0n) is 9.85. The van der Waals surface area contributed by atoms with E-state index in [1.54, 1.807) is 16.9 Å². The molecule has 8 nitrogen and oxygen atoms in total. The lowest BCUT2D eigenvalue weighted by molar-refractivity contribution is -0.385. The highest BCUT2D eigenvalue weighted by atomic mass is 16.6. The molecule has 96 valence electrons. The highest BCUT2D eigenvalue weighted by Gasteiger charge is 2.15. The average Bonchev–Trinajstić information content (AvgIpc) is 2.91. The molecule has 2 aromatic rings. The van der Waals surface area contributed by atoms with Crippen molar-refractivity contribution in [2.45, 2.75) is 6.54 Å². The molecule has 2 heterocycles. The summed E-state index contributed by atoms with van der Waals surface area (Å²) in [7, 11) is 0. The summed E-state index contributed by atoms with van der Waals surface area (Å²) in [6.45, 7) is 1.19. The molecule has 1 N–H and O–H groups in total. The van der Waals surface area contributed by atoms with Gasteiger partial charge in [-0.05, 0) is 12.1 Å². The van der Waals surface area contributed by atoms with Crippen LogP contribution in [0.5, 0.6) is 0 Å². The Hall–Kier alpha value is -2.95. The zero-order chi connectivity index (χ0) is 13.7. The lowest BCUT2D eigenvalue weighted by Gasteiger charge is -2.05. The molecule has 2 rings (SSSR count). The molecule has 0 aliphatic rings. The van der Waals surface area contributed by atoms with Gasteiger partial charge in [-0.25, -0.2) is 4.98 Å². The van der Waals surface area contributed by atoms with Gasteiger partial charge in [-0.15, -0.1) is 0 Å². The van der Waals surface area contributed by atoms with Crippen LogP contribution < -0.4 is 5.32 Å². The third-order valence-electron chi connectivity index (χ3n) is 2.38. The molecule has 19 heavy (non-hydrogen) atoms. The second-order valence-corrected chi connectivity index (χ2v) is 3.63. The average molecular weight is 258 g/mol. The molecule has 0 saturated carbocycles. The van der Waals surface area contributed by atoms with Gasteiger partial charge < -0.3 is 5.32 Å². The van der Waals surface area contributed by atoms with E-state index < -0.39 is 4.92 Å². The van der Waals surface area contributed by atoms with Gasteiger partial charge in [-0.3, -0.25) is 14.8 Å². The fourth-order valence-corrected chi connectivity index (χ4v) is 1.51. The fourth-order valence-electron chi connectivity index (χ4n) is 1.51. The highest BCUT2D eigenvalue weighted by Crippen LogP contribution is 2.17. The van der Waals surface area contributed by atoms with Crippen LogP contribution in [0.25, 0.3) is 0 Å². The second kappa shape index (κ2) is 5.59. The first-order valence-electron chi connectivity index (χ1n) is 5.47. The van der Waals surface area contributed by atoms with E-state index in [4.69, 9.17) is 5.26 Å². The monoisotopic (exact) mass is 258 g/mol. The summed E-state index contributed by atoms with van der Waals surface area (Å²) in [5.74, 6) is 0.425. The topological polar surface area (TPSA) is 110 Å². The summed E-state index contributed by atoms with van der Waals surface area (Å²) >= 11 is 0. The maximum absolute atomic E-state index is 10.6. The Kier molecular flexibility index (Phi) is 3.68. The molecule has 0 amide bonds. The van der Waals surface area contributed by atoms with Gasteiger partial charge in [0.25, 0.3) is 0 Å². The van der Waals surface area contributed by atoms with Gasteiger partial charge in [0.15, 0.2) is 0 Å². The van der Waals surface area contributed by atoms with Crippen LogP contribution in [0.1, 0.15) is 5.69 Å². The van der Waals surface area contributed by atoms with E-state index in [0.29, 0.717) is 18.9 Å². The van der Waals surface area contributed by atoms with Crippen LogP contribution in [-0.2, 0) is 6.54 Å². The summed E-state index contributed by atoms with van der Waals surface area (Å²) in [6.07, 6.45) is 3.50. The number of nitrogens with one attached hydrogen (secondary N) is 1. The quantitative estimate of drug-likeness (QED) is 0.636. The Morgan fingerprint density at radius 1 is 1.53 bits per heavy atom. The Morgan fingerprint density at radius 3 is 3.00 bits per heavy atom. The molecule has 0 fully saturated rings. The van der Waals surface area contributed by atoms with Crippen molar-refractivity contribution in [2.75, 3.05) is 11.9 Å². The lowest BCUT2D eigenvalue weighted by Crippen LogP contribution is -2.12. The van der Waals surface area contributed by atoms with Crippen molar-refractivity contribution in [3.8, 4) is 6.07 Å². The van der Waals surface area contributed by atoms with E-state index in [0.717, 1.165) is 0 Å². The van der Waals surface area contributed by atoms with E-state index >= 15 is 0 Å². The van der Waals surface area contributed by atoms with Gasteiger partial charge >= 0.3 is 5.69 Å². The number of nitrogens with zero attached hydrogens (tertiary/aromatic N) is 5. The maximum Gasteiger partial charge on any atom is 0.305 e. The summed E-state index contributed by atoms with van der Waals surface area (Å²) in [5, 5.41) is 26.5. The first-order chi connectivity index (χ1) is 9.20. The minimum absolute atomic E-state index is 0.200. The van der Waals surface area contributed by atoms with Gasteiger partial charge in [0, 0.05) is 25.0 Å². The first kappa shape index (κ1) is 12.5. The number of hydrogen-bond acceptors (Lipinski definition) is 6. The molecule has 0 radical (unpaired) electrons. The van der Waals surface area contributed by atoms with Crippen LogP contribution in [0.4, 0.5) is 11.5 Å². The molecular weight excluding hydrogens is 248 g/mol. The summed E-state index contributed by atoms with van der Waals surface area (Å²) in [4.78, 5) is 13.9. The predicted molar refractivity (Wildman–Crippen MR) is 66.3 cm³/mol. The number of hydrogen-bond donors (Lipinski definition) is 1. The Bertz CT molecular complexity index is 617. The number of rotatable bonds is 5. The number of nitro groups is 1. The second-order valence-electron chi connectivity index (χ2n) is 3.63. The lowest BCUT2D eigenvalue weighted by atomic mass is 10.3. The fraction of sp³-hybridized carbons (Fsp3) is 0.182. The molecule has 0 aliphatic carbocycles. The maximum atomic E-state index is 10.6. The van der Waals surface area contributed by atoms with Crippen molar-refractivity contribution in [3.05, 3.63) is 46.4 Å². The normalized spacial score (nSPS) is 9.84. The van der Waals surface area contributed by atoms with Crippen LogP contribution in [0.15, 0.2) is 30.6 Å². The molecule has 0 aromatic carbocycles. The molecule has 0 aliphatic heterocycles. The van der Waals surface area contributed by atoms with Gasteiger partial charge in [0.05, 0.1) is 11.5 Å². The zero-order valence-corrected chi connectivity index (χ0v) is 9.85. The molecular formula is C11H10N6O2. The van der Waals surface area contributed by atoms with Crippen LogP contribution in [0.3, 0.4) is 0 Å². The van der Waals surface area contributed by atoms with E-state index in [9.17, 15) is 10.1 Å². The summed E-state index contributed by atoms with van der Waals surface area (Å²) in [6, 6.07) is 6.27. The van der Waals surface area contributed by atoms with Crippen molar-refractivity contribution in [1.82, 2.24) is 14.8 Å². The Balaban J connectivity index is 2.01. The summed E-state index contributed by atoms with van der Waals surface area (Å²) in [5.41, 5.74) is -0.491. The Labute approximate surface area is 108 Å². The van der Waals surface area contributed by atoms with Crippen molar-refractivity contribution in [3.63, 3.8) is 0 Å². The van der Waals surface area contributed by atoms with Crippen LogP contribution in [0.2, 0.25) is 0 Å². The molecule has 0 spiro atoms. The van der Waals surface area contributed by atoms with E-state index in [2.05, 4.69) is 15.4 Å². The largest absolute Gasteiger partial charge is 0.368 e. The van der Waals surface area contributed by atoms with E-state index in [-0.39, 0.29) is 11.4 Å². The van der Waals surface area contributed by atoms with E-state index in [1.807, 2.05) is 12.3 Å². The molecule has 2 aromatic heterocycles. The predicted octanol–water partition coefficient (Wildman–Crippen LogP) is 1.17. The number of pyridine rings is 1.